The van der Waals surface area contributed by atoms with Gasteiger partial charge in [-0.05, 0) is 29.5 Å². The maximum absolute atomic E-state index is 12.7. The Morgan fingerprint density at radius 2 is 1.80 bits per heavy atom. The summed E-state index contributed by atoms with van der Waals surface area (Å²) in [5, 5.41) is 0. The molecule has 25 heavy (non-hydrogen) atoms. The average Bonchev–Trinajstić information content (AvgIpc) is 2.88. The fourth-order valence-electron chi connectivity index (χ4n) is 3.53. The number of nitrogens with zero attached hydrogens (tertiary/aromatic N) is 2. The van der Waals surface area contributed by atoms with Crippen molar-refractivity contribution in [2.45, 2.75) is 39.5 Å². The molecule has 0 aromatic heterocycles. The maximum atomic E-state index is 12.7. The van der Waals surface area contributed by atoms with Crippen LogP contribution >= 0.6 is 0 Å². The minimum absolute atomic E-state index is 0.150. The summed E-state index contributed by atoms with van der Waals surface area (Å²) in [6.45, 7) is 7.63. The molecule has 0 atom stereocenters. The molecule has 0 N–H and O–H groups in total. The zero-order valence-corrected chi connectivity index (χ0v) is 15.3. The fraction of sp³-hybridized carbons (Fsp3) is 0.600. The summed E-state index contributed by atoms with van der Waals surface area (Å²) in [7, 11) is 0. The molecule has 0 spiro atoms. The number of carbonyl (C=O) groups is 2. The molecule has 1 aromatic rings. The van der Waals surface area contributed by atoms with Crippen molar-refractivity contribution >= 4 is 11.8 Å². The van der Waals surface area contributed by atoms with Gasteiger partial charge in [-0.1, -0.05) is 26.0 Å². The second-order valence-corrected chi connectivity index (χ2v) is 7.43. The van der Waals surface area contributed by atoms with Crippen molar-refractivity contribution in [2.75, 3.05) is 32.8 Å². The van der Waals surface area contributed by atoms with Crippen molar-refractivity contribution in [3.63, 3.8) is 0 Å². The zero-order chi connectivity index (χ0) is 17.8. The summed E-state index contributed by atoms with van der Waals surface area (Å²) in [4.78, 5) is 28.7. The molecule has 2 heterocycles. The molecule has 2 aliphatic rings. The SMILES string of the molecule is CC(C)CC(=O)N1CCCN(C(=O)Cc2ccc3c(c2)CCO3)CC1. The maximum Gasteiger partial charge on any atom is 0.227 e. The van der Waals surface area contributed by atoms with Crippen molar-refractivity contribution in [3.8, 4) is 5.75 Å². The third kappa shape index (κ3) is 4.53. The van der Waals surface area contributed by atoms with Crippen LogP contribution in [0, 0.1) is 5.92 Å². The molecule has 5 heteroatoms. The van der Waals surface area contributed by atoms with Crippen LogP contribution in [-0.4, -0.2) is 54.4 Å². The van der Waals surface area contributed by atoms with Gasteiger partial charge in [-0.25, -0.2) is 0 Å². The number of hydrogen-bond acceptors (Lipinski definition) is 3. The molecule has 136 valence electrons. The van der Waals surface area contributed by atoms with Gasteiger partial charge in [0.25, 0.3) is 0 Å². The van der Waals surface area contributed by atoms with E-state index in [0.717, 1.165) is 43.9 Å². The van der Waals surface area contributed by atoms with E-state index in [1.54, 1.807) is 0 Å². The first kappa shape index (κ1) is 17.8. The van der Waals surface area contributed by atoms with E-state index in [4.69, 9.17) is 4.74 Å². The number of rotatable bonds is 4. The summed E-state index contributed by atoms with van der Waals surface area (Å²) in [5.41, 5.74) is 2.25. The van der Waals surface area contributed by atoms with E-state index in [2.05, 4.69) is 19.9 Å². The number of fused-ring (bicyclic) bond motifs is 1. The molecule has 0 aliphatic carbocycles. The molecular formula is C20H28N2O3. The van der Waals surface area contributed by atoms with Crippen LogP contribution in [0.2, 0.25) is 0 Å². The lowest BCUT2D eigenvalue weighted by molar-refractivity contribution is -0.133. The third-order valence-electron chi connectivity index (χ3n) is 4.89. The van der Waals surface area contributed by atoms with Crippen molar-refractivity contribution in [1.82, 2.24) is 9.80 Å². The smallest absolute Gasteiger partial charge is 0.227 e. The molecule has 0 unspecified atom stereocenters. The summed E-state index contributed by atoms with van der Waals surface area (Å²) in [6.07, 6.45) is 2.79. The molecule has 1 saturated heterocycles. The summed E-state index contributed by atoms with van der Waals surface area (Å²) >= 11 is 0. The monoisotopic (exact) mass is 344 g/mol. The number of carbonyl (C=O) groups excluding carboxylic acids is 2. The summed E-state index contributed by atoms with van der Waals surface area (Å²) in [6, 6.07) is 6.05. The van der Waals surface area contributed by atoms with Crippen LogP contribution < -0.4 is 4.74 Å². The minimum atomic E-state index is 0.150. The van der Waals surface area contributed by atoms with E-state index in [0.29, 0.717) is 31.8 Å². The van der Waals surface area contributed by atoms with Gasteiger partial charge in [-0.3, -0.25) is 9.59 Å². The first-order valence-corrected chi connectivity index (χ1v) is 9.33. The van der Waals surface area contributed by atoms with Crippen LogP contribution in [0.25, 0.3) is 0 Å². The average molecular weight is 344 g/mol. The number of amides is 2. The molecule has 1 aromatic carbocycles. The highest BCUT2D eigenvalue weighted by atomic mass is 16.5. The topological polar surface area (TPSA) is 49.9 Å². The van der Waals surface area contributed by atoms with Gasteiger partial charge in [0.05, 0.1) is 13.0 Å². The predicted molar refractivity (Wildman–Crippen MR) is 96.6 cm³/mol. The van der Waals surface area contributed by atoms with E-state index in [9.17, 15) is 9.59 Å². The molecule has 5 nitrogen and oxygen atoms in total. The van der Waals surface area contributed by atoms with Gasteiger partial charge >= 0.3 is 0 Å². The lowest BCUT2D eigenvalue weighted by atomic mass is 10.1. The van der Waals surface area contributed by atoms with Gasteiger partial charge < -0.3 is 14.5 Å². The first-order valence-electron chi connectivity index (χ1n) is 9.33. The van der Waals surface area contributed by atoms with Crippen molar-refractivity contribution in [2.24, 2.45) is 5.92 Å². The predicted octanol–water partition coefficient (Wildman–Crippen LogP) is 2.27. The number of ether oxygens (including phenoxy) is 1. The Morgan fingerprint density at radius 3 is 2.52 bits per heavy atom. The highest BCUT2D eigenvalue weighted by molar-refractivity contribution is 5.79. The molecule has 1 fully saturated rings. The Morgan fingerprint density at radius 1 is 1.08 bits per heavy atom. The largest absolute Gasteiger partial charge is 0.493 e. The second kappa shape index (κ2) is 7.89. The summed E-state index contributed by atoms with van der Waals surface area (Å²) < 4.78 is 5.52. The van der Waals surface area contributed by atoms with Crippen LogP contribution in [0.15, 0.2) is 18.2 Å². The second-order valence-electron chi connectivity index (χ2n) is 7.43. The van der Waals surface area contributed by atoms with Gasteiger partial charge in [0.2, 0.25) is 11.8 Å². The van der Waals surface area contributed by atoms with Gasteiger partial charge in [0, 0.05) is 39.0 Å². The van der Waals surface area contributed by atoms with Crippen LogP contribution in [0.4, 0.5) is 0 Å². The highest BCUT2D eigenvalue weighted by Crippen LogP contribution is 2.26. The molecular weight excluding hydrogens is 316 g/mol. The molecule has 3 rings (SSSR count). The molecule has 0 radical (unpaired) electrons. The quantitative estimate of drug-likeness (QED) is 0.842. The van der Waals surface area contributed by atoms with E-state index in [1.807, 2.05) is 21.9 Å². The van der Waals surface area contributed by atoms with E-state index < -0.39 is 0 Å². The number of benzene rings is 1. The minimum Gasteiger partial charge on any atom is -0.493 e. The lowest BCUT2D eigenvalue weighted by Gasteiger charge is -2.23. The highest BCUT2D eigenvalue weighted by Gasteiger charge is 2.23. The van der Waals surface area contributed by atoms with Gasteiger partial charge in [0.1, 0.15) is 5.75 Å². The first-order chi connectivity index (χ1) is 12.0. The molecule has 2 amide bonds. The van der Waals surface area contributed by atoms with Gasteiger partial charge in [-0.2, -0.15) is 0 Å². The van der Waals surface area contributed by atoms with Crippen LogP contribution in [0.3, 0.4) is 0 Å². The Bertz CT molecular complexity index is 642. The Balaban J connectivity index is 1.55. The molecule has 0 bridgehead atoms. The Hall–Kier alpha value is -2.04. The van der Waals surface area contributed by atoms with Crippen molar-refractivity contribution < 1.29 is 14.3 Å². The third-order valence-corrected chi connectivity index (χ3v) is 4.89. The van der Waals surface area contributed by atoms with E-state index >= 15 is 0 Å². The lowest BCUT2D eigenvalue weighted by Crippen LogP contribution is -2.38. The summed E-state index contributed by atoms with van der Waals surface area (Å²) in [5.74, 6) is 1.68. The van der Waals surface area contributed by atoms with Crippen LogP contribution in [0.5, 0.6) is 5.75 Å². The zero-order valence-electron chi connectivity index (χ0n) is 15.3. The van der Waals surface area contributed by atoms with Gasteiger partial charge in [-0.15, -0.1) is 0 Å². The molecule has 0 saturated carbocycles. The Kier molecular flexibility index (Phi) is 5.61. The standard InChI is InChI=1S/C20H28N2O3/c1-15(2)12-19(23)21-7-3-8-22(10-9-21)20(24)14-16-4-5-18-17(13-16)6-11-25-18/h4-5,13,15H,3,6-12,14H2,1-2H3. The van der Waals surface area contributed by atoms with Crippen molar-refractivity contribution in [1.29, 1.82) is 0 Å². The normalized spacial score (nSPS) is 17.2. The van der Waals surface area contributed by atoms with Crippen molar-refractivity contribution in [3.05, 3.63) is 29.3 Å². The van der Waals surface area contributed by atoms with E-state index in [-0.39, 0.29) is 11.8 Å². The fourth-order valence-corrected chi connectivity index (χ4v) is 3.53. The van der Waals surface area contributed by atoms with Crippen LogP contribution in [-0.2, 0) is 22.4 Å². The Labute approximate surface area is 149 Å². The molecule has 2 aliphatic heterocycles. The van der Waals surface area contributed by atoms with Crippen LogP contribution in [0.1, 0.15) is 37.8 Å². The van der Waals surface area contributed by atoms with E-state index in [1.165, 1.54) is 5.56 Å². The van der Waals surface area contributed by atoms with Gasteiger partial charge in [0.15, 0.2) is 0 Å². The number of hydrogen-bond donors (Lipinski definition) is 0.